The molecule has 1 amide bonds. The summed E-state index contributed by atoms with van der Waals surface area (Å²) in [6, 6.07) is 15.1. The summed E-state index contributed by atoms with van der Waals surface area (Å²) in [5, 5.41) is 19.0. The molecule has 3 rings (SSSR count). The number of nitro groups is 1. The number of hydrazone groups is 1. The number of nitrogens with zero attached hydrogens (tertiary/aromatic N) is 4. The fourth-order valence-corrected chi connectivity index (χ4v) is 2.73. The van der Waals surface area contributed by atoms with E-state index < -0.39 is 4.92 Å². The quantitative estimate of drug-likeness (QED) is 0.405. The smallest absolute Gasteiger partial charge is 0.267 e. The molecule has 0 saturated carbocycles. The van der Waals surface area contributed by atoms with E-state index >= 15 is 0 Å². The second-order valence-electron chi connectivity index (χ2n) is 6.33. The third kappa shape index (κ3) is 4.67. The summed E-state index contributed by atoms with van der Waals surface area (Å²) in [5.74, 6) is -0.339. The number of rotatable bonds is 6. The Morgan fingerprint density at radius 2 is 1.96 bits per heavy atom. The maximum atomic E-state index is 12.3. The second-order valence-corrected chi connectivity index (χ2v) is 6.33. The number of amides is 1. The molecule has 8 nitrogen and oxygen atoms in total. The lowest BCUT2D eigenvalue weighted by Crippen LogP contribution is -2.18. The van der Waals surface area contributed by atoms with Gasteiger partial charge in [-0.15, -0.1) is 0 Å². The van der Waals surface area contributed by atoms with Gasteiger partial charge in [-0.25, -0.2) is 5.43 Å². The Bertz CT molecular complexity index is 1040. The maximum Gasteiger partial charge on any atom is 0.271 e. The number of benzene rings is 2. The van der Waals surface area contributed by atoms with E-state index in [-0.39, 0.29) is 11.6 Å². The predicted octanol–water partition coefficient (Wildman–Crippen LogP) is 3.22. The zero-order chi connectivity index (χ0) is 20.1. The molecule has 142 valence electrons. The summed E-state index contributed by atoms with van der Waals surface area (Å²) in [5.41, 5.74) is 6.56. The van der Waals surface area contributed by atoms with E-state index in [0.717, 1.165) is 17.0 Å². The van der Waals surface area contributed by atoms with E-state index in [1.165, 1.54) is 18.3 Å². The fraction of sp³-hybridized carbons (Fsp3) is 0.150. The molecule has 8 heteroatoms. The van der Waals surface area contributed by atoms with Crippen LogP contribution in [0.5, 0.6) is 0 Å². The molecule has 28 heavy (non-hydrogen) atoms. The summed E-state index contributed by atoms with van der Waals surface area (Å²) in [7, 11) is 0. The van der Waals surface area contributed by atoms with Crippen molar-refractivity contribution in [1.29, 1.82) is 0 Å². The van der Waals surface area contributed by atoms with Crippen molar-refractivity contribution in [3.63, 3.8) is 0 Å². The topological polar surface area (TPSA) is 102 Å². The van der Waals surface area contributed by atoms with Crippen molar-refractivity contribution >= 4 is 17.8 Å². The summed E-state index contributed by atoms with van der Waals surface area (Å²) in [6.45, 7) is 4.51. The molecule has 0 bridgehead atoms. The van der Waals surface area contributed by atoms with Crippen LogP contribution >= 0.6 is 0 Å². The Kier molecular flexibility index (Phi) is 5.59. The first-order chi connectivity index (χ1) is 13.4. The highest BCUT2D eigenvalue weighted by Crippen LogP contribution is 2.11. The van der Waals surface area contributed by atoms with Gasteiger partial charge in [-0.05, 0) is 55.3 Å². The summed E-state index contributed by atoms with van der Waals surface area (Å²) in [6.07, 6.45) is 1.43. The van der Waals surface area contributed by atoms with Crippen molar-refractivity contribution in [2.24, 2.45) is 5.10 Å². The van der Waals surface area contributed by atoms with Crippen molar-refractivity contribution in [3.8, 4) is 0 Å². The monoisotopic (exact) mass is 377 g/mol. The normalized spacial score (nSPS) is 10.9. The number of non-ortho nitro benzene ring substituents is 1. The largest absolute Gasteiger partial charge is 0.271 e. The number of aromatic nitrogens is 2. The van der Waals surface area contributed by atoms with Gasteiger partial charge < -0.3 is 0 Å². The SMILES string of the molecule is Cc1cc(C)n(Cc2cccc(C(=O)NN=Cc3ccc([N+](=O)[O-])cc3)c2)n1. The van der Waals surface area contributed by atoms with Gasteiger partial charge in [0.15, 0.2) is 0 Å². The lowest BCUT2D eigenvalue weighted by atomic mass is 10.1. The van der Waals surface area contributed by atoms with Gasteiger partial charge in [0.05, 0.1) is 23.4 Å². The molecule has 0 radical (unpaired) electrons. The van der Waals surface area contributed by atoms with Crippen molar-refractivity contribution < 1.29 is 9.72 Å². The average molecular weight is 377 g/mol. The van der Waals surface area contributed by atoms with Gasteiger partial charge >= 0.3 is 0 Å². The Labute approximate surface area is 161 Å². The van der Waals surface area contributed by atoms with Crippen molar-refractivity contribution in [1.82, 2.24) is 15.2 Å². The molecule has 0 fully saturated rings. The first-order valence-corrected chi connectivity index (χ1v) is 8.60. The van der Waals surface area contributed by atoms with Crippen molar-refractivity contribution in [3.05, 3.63) is 92.8 Å². The molecule has 2 aromatic carbocycles. The van der Waals surface area contributed by atoms with E-state index in [9.17, 15) is 14.9 Å². The van der Waals surface area contributed by atoms with Crippen LogP contribution in [0, 0.1) is 24.0 Å². The molecule has 0 aliphatic carbocycles. The molecule has 0 saturated heterocycles. The number of aryl methyl sites for hydroxylation is 2. The second kappa shape index (κ2) is 8.26. The number of hydrogen-bond donors (Lipinski definition) is 1. The zero-order valence-corrected chi connectivity index (χ0v) is 15.5. The Morgan fingerprint density at radius 3 is 2.61 bits per heavy atom. The van der Waals surface area contributed by atoms with Gasteiger partial charge in [-0.3, -0.25) is 19.6 Å². The van der Waals surface area contributed by atoms with Gasteiger partial charge in [-0.2, -0.15) is 10.2 Å². The number of carbonyl (C=O) groups is 1. The molecular weight excluding hydrogens is 358 g/mol. The highest BCUT2D eigenvalue weighted by atomic mass is 16.6. The molecule has 1 N–H and O–H groups in total. The van der Waals surface area contributed by atoms with E-state index in [1.807, 2.05) is 36.7 Å². The first kappa shape index (κ1) is 19.0. The van der Waals surface area contributed by atoms with Crippen LogP contribution < -0.4 is 5.43 Å². The van der Waals surface area contributed by atoms with Crippen LogP contribution in [0.1, 0.15) is 32.9 Å². The number of hydrogen-bond acceptors (Lipinski definition) is 5. The number of nitrogens with one attached hydrogen (secondary N) is 1. The highest BCUT2D eigenvalue weighted by molar-refractivity contribution is 5.95. The van der Waals surface area contributed by atoms with Crippen molar-refractivity contribution in [2.45, 2.75) is 20.4 Å². The lowest BCUT2D eigenvalue weighted by molar-refractivity contribution is -0.384. The van der Waals surface area contributed by atoms with Gasteiger partial charge in [-0.1, -0.05) is 12.1 Å². The van der Waals surface area contributed by atoms with E-state index in [1.54, 1.807) is 24.3 Å². The maximum absolute atomic E-state index is 12.3. The molecule has 3 aromatic rings. The van der Waals surface area contributed by atoms with Crippen LogP contribution in [-0.2, 0) is 6.54 Å². The minimum absolute atomic E-state index is 0.000568. The van der Waals surface area contributed by atoms with E-state index in [4.69, 9.17) is 0 Å². The van der Waals surface area contributed by atoms with Crippen LogP contribution in [0.3, 0.4) is 0 Å². The van der Waals surface area contributed by atoms with Crippen LogP contribution in [-0.4, -0.2) is 26.8 Å². The van der Waals surface area contributed by atoms with Gasteiger partial charge in [0.2, 0.25) is 0 Å². The molecule has 0 aliphatic heterocycles. The average Bonchev–Trinajstić information content (AvgIpc) is 2.99. The standard InChI is InChI=1S/C20H19N5O3/c1-14-10-15(2)24(23-14)13-17-4-3-5-18(11-17)20(26)22-21-12-16-6-8-19(9-7-16)25(27)28/h3-12H,13H2,1-2H3,(H,22,26). The molecule has 0 spiro atoms. The van der Waals surface area contributed by atoms with Crippen LogP contribution in [0.2, 0.25) is 0 Å². The molecule has 1 heterocycles. The van der Waals surface area contributed by atoms with E-state index in [2.05, 4.69) is 15.6 Å². The Morgan fingerprint density at radius 1 is 1.21 bits per heavy atom. The third-order valence-corrected chi connectivity index (χ3v) is 4.11. The molecule has 0 unspecified atom stereocenters. The molecule has 0 atom stereocenters. The summed E-state index contributed by atoms with van der Waals surface area (Å²) < 4.78 is 1.89. The number of carbonyl (C=O) groups excluding carboxylic acids is 1. The van der Waals surface area contributed by atoms with Gasteiger partial charge in [0.25, 0.3) is 11.6 Å². The lowest BCUT2D eigenvalue weighted by Gasteiger charge is -2.06. The molecular formula is C20H19N5O3. The predicted molar refractivity (Wildman–Crippen MR) is 105 cm³/mol. The minimum Gasteiger partial charge on any atom is -0.267 e. The summed E-state index contributed by atoms with van der Waals surface area (Å²) >= 11 is 0. The van der Waals surface area contributed by atoms with Crippen LogP contribution in [0.4, 0.5) is 5.69 Å². The van der Waals surface area contributed by atoms with Gasteiger partial charge in [0.1, 0.15) is 0 Å². The first-order valence-electron chi connectivity index (χ1n) is 8.60. The fourth-order valence-electron chi connectivity index (χ4n) is 2.73. The Balaban J connectivity index is 1.64. The van der Waals surface area contributed by atoms with Crippen LogP contribution in [0.25, 0.3) is 0 Å². The molecule has 1 aromatic heterocycles. The Hall–Kier alpha value is -3.81. The minimum atomic E-state index is -0.470. The van der Waals surface area contributed by atoms with E-state index in [0.29, 0.717) is 17.7 Å². The van der Waals surface area contributed by atoms with Crippen LogP contribution in [0.15, 0.2) is 59.7 Å². The third-order valence-electron chi connectivity index (χ3n) is 4.11. The van der Waals surface area contributed by atoms with Gasteiger partial charge in [0, 0.05) is 23.4 Å². The number of nitro benzene ring substituents is 1. The molecule has 0 aliphatic rings. The zero-order valence-electron chi connectivity index (χ0n) is 15.5. The van der Waals surface area contributed by atoms with Crippen molar-refractivity contribution in [2.75, 3.05) is 0 Å². The summed E-state index contributed by atoms with van der Waals surface area (Å²) in [4.78, 5) is 22.5. The highest BCUT2D eigenvalue weighted by Gasteiger charge is 2.07.